The van der Waals surface area contributed by atoms with Crippen LogP contribution in [0, 0.1) is 5.92 Å². The second-order valence-corrected chi connectivity index (χ2v) is 8.10. The van der Waals surface area contributed by atoms with E-state index in [2.05, 4.69) is 19.9 Å². The van der Waals surface area contributed by atoms with E-state index in [0.717, 1.165) is 37.5 Å². The van der Waals surface area contributed by atoms with Gasteiger partial charge in [0.1, 0.15) is 11.6 Å². The first kappa shape index (κ1) is 21.6. The Balaban J connectivity index is 1.36. The molecule has 2 aromatic rings. The molecular weight excluding hydrogens is 433 g/mol. The van der Waals surface area contributed by atoms with E-state index in [4.69, 9.17) is 11.6 Å². The Morgan fingerprint density at radius 2 is 1.81 bits per heavy atom. The molecule has 2 aromatic heterocycles. The molecule has 1 atom stereocenters. The molecular formula is C20H22ClF3N6O. The highest BCUT2D eigenvalue weighted by Crippen LogP contribution is 2.34. The van der Waals surface area contributed by atoms with Crippen LogP contribution in [0.25, 0.3) is 0 Å². The molecule has 0 bridgehead atoms. The molecule has 4 heterocycles. The molecule has 11 heteroatoms. The zero-order chi connectivity index (χ0) is 22.0. The molecule has 0 radical (unpaired) electrons. The van der Waals surface area contributed by atoms with Crippen LogP contribution in [0.3, 0.4) is 0 Å². The number of pyridine rings is 1. The summed E-state index contributed by atoms with van der Waals surface area (Å²) in [6, 6.07) is 0.893. The quantitative estimate of drug-likeness (QED) is 0.710. The van der Waals surface area contributed by atoms with Gasteiger partial charge in [-0.1, -0.05) is 11.6 Å². The van der Waals surface area contributed by atoms with Crippen LogP contribution in [0.2, 0.25) is 5.02 Å². The van der Waals surface area contributed by atoms with Crippen molar-refractivity contribution in [1.29, 1.82) is 0 Å². The number of alkyl halides is 3. The zero-order valence-corrected chi connectivity index (χ0v) is 17.5. The van der Waals surface area contributed by atoms with Crippen LogP contribution in [0.5, 0.6) is 0 Å². The van der Waals surface area contributed by atoms with Gasteiger partial charge in [-0.25, -0.2) is 9.97 Å². The number of halogens is 4. The van der Waals surface area contributed by atoms with E-state index in [1.165, 1.54) is 0 Å². The number of carbonyl (C=O) groups is 1. The number of hydrogen-bond acceptors (Lipinski definition) is 6. The van der Waals surface area contributed by atoms with Crippen molar-refractivity contribution in [3.63, 3.8) is 0 Å². The number of hydrogen-bond donors (Lipinski definition) is 0. The van der Waals surface area contributed by atoms with Gasteiger partial charge in [0.05, 0.1) is 22.7 Å². The van der Waals surface area contributed by atoms with Crippen LogP contribution in [0.15, 0.2) is 30.9 Å². The number of piperidine rings is 1. The van der Waals surface area contributed by atoms with Crippen LogP contribution >= 0.6 is 11.6 Å². The normalized spacial score (nSPS) is 20.1. The molecule has 4 rings (SSSR count). The highest BCUT2D eigenvalue weighted by molar-refractivity contribution is 6.33. The molecule has 2 aliphatic rings. The topological polar surface area (TPSA) is 65.5 Å². The molecule has 166 valence electrons. The fourth-order valence-electron chi connectivity index (χ4n) is 4.06. The van der Waals surface area contributed by atoms with Gasteiger partial charge in [0, 0.05) is 57.9 Å². The summed E-state index contributed by atoms with van der Waals surface area (Å²) in [6.07, 6.45) is 2.99. The Bertz CT molecular complexity index is 921. The second-order valence-electron chi connectivity index (χ2n) is 7.69. The van der Waals surface area contributed by atoms with Crippen LogP contribution in [0.4, 0.5) is 24.8 Å². The van der Waals surface area contributed by atoms with Gasteiger partial charge in [0.2, 0.25) is 5.91 Å². The first-order valence-electron chi connectivity index (χ1n) is 10.1. The van der Waals surface area contributed by atoms with E-state index in [9.17, 15) is 18.0 Å². The van der Waals surface area contributed by atoms with Crippen molar-refractivity contribution in [3.8, 4) is 0 Å². The van der Waals surface area contributed by atoms with Gasteiger partial charge in [-0.3, -0.25) is 9.78 Å². The largest absolute Gasteiger partial charge is 0.417 e. The summed E-state index contributed by atoms with van der Waals surface area (Å²) in [6.45, 7) is 3.31. The van der Waals surface area contributed by atoms with E-state index in [-0.39, 0.29) is 16.8 Å². The van der Waals surface area contributed by atoms with Crippen LogP contribution < -0.4 is 9.80 Å². The van der Waals surface area contributed by atoms with E-state index >= 15 is 0 Å². The molecule has 31 heavy (non-hydrogen) atoms. The average molecular weight is 455 g/mol. The minimum absolute atomic E-state index is 0.0403. The lowest BCUT2D eigenvalue weighted by Crippen LogP contribution is -2.53. The smallest absolute Gasteiger partial charge is 0.355 e. The minimum atomic E-state index is -4.49. The molecule has 1 unspecified atom stereocenters. The molecule has 0 spiro atoms. The molecule has 0 aromatic carbocycles. The minimum Gasteiger partial charge on any atom is -0.355 e. The Morgan fingerprint density at radius 3 is 2.45 bits per heavy atom. The van der Waals surface area contributed by atoms with E-state index in [1.54, 1.807) is 18.6 Å². The van der Waals surface area contributed by atoms with Crippen molar-refractivity contribution in [2.45, 2.75) is 19.0 Å². The van der Waals surface area contributed by atoms with Crippen molar-refractivity contribution in [1.82, 2.24) is 19.9 Å². The SMILES string of the molecule is O=C(C1CCCN(c2cnccn2)C1)N1CCN(c2ncc(C(F)(F)F)cc2Cl)CC1. The lowest BCUT2D eigenvalue weighted by atomic mass is 9.96. The molecule has 1 amide bonds. The third-order valence-corrected chi connectivity index (χ3v) is 5.96. The van der Waals surface area contributed by atoms with Crippen molar-refractivity contribution < 1.29 is 18.0 Å². The summed E-state index contributed by atoms with van der Waals surface area (Å²) in [4.78, 5) is 31.1. The number of amides is 1. The lowest BCUT2D eigenvalue weighted by Gasteiger charge is -2.39. The van der Waals surface area contributed by atoms with E-state index < -0.39 is 11.7 Å². The Kier molecular flexibility index (Phi) is 6.17. The number of piperazine rings is 1. The van der Waals surface area contributed by atoms with Gasteiger partial charge in [-0.15, -0.1) is 0 Å². The first-order chi connectivity index (χ1) is 14.8. The number of aromatic nitrogens is 3. The van der Waals surface area contributed by atoms with Gasteiger partial charge in [-0.2, -0.15) is 13.2 Å². The third kappa shape index (κ3) is 4.84. The number of nitrogens with zero attached hydrogens (tertiary/aromatic N) is 6. The number of carbonyl (C=O) groups excluding carboxylic acids is 1. The molecule has 0 saturated carbocycles. The van der Waals surface area contributed by atoms with Gasteiger partial charge in [0.15, 0.2) is 0 Å². The molecule has 0 aliphatic carbocycles. The van der Waals surface area contributed by atoms with Crippen LogP contribution in [0.1, 0.15) is 18.4 Å². The Hall–Kier alpha value is -2.62. The predicted octanol–water partition coefficient (Wildman–Crippen LogP) is 3.11. The third-order valence-electron chi connectivity index (χ3n) is 5.68. The molecule has 2 fully saturated rings. The van der Waals surface area contributed by atoms with Gasteiger partial charge in [-0.05, 0) is 18.9 Å². The zero-order valence-electron chi connectivity index (χ0n) is 16.7. The van der Waals surface area contributed by atoms with Gasteiger partial charge >= 0.3 is 6.18 Å². The standard InChI is InChI=1S/C20H22ClF3N6O/c21-16-10-15(20(22,23)24)11-27-18(16)28-6-8-29(9-7-28)19(31)14-2-1-5-30(13-14)17-12-25-3-4-26-17/h3-4,10-12,14H,1-2,5-9,13H2. The summed E-state index contributed by atoms with van der Waals surface area (Å²) in [5.41, 5.74) is -0.875. The van der Waals surface area contributed by atoms with Crippen molar-refractivity contribution >= 4 is 29.1 Å². The van der Waals surface area contributed by atoms with E-state index in [0.29, 0.717) is 38.5 Å². The highest BCUT2D eigenvalue weighted by Gasteiger charge is 2.34. The maximum Gasteiger partial charge on any atom is 0.417 e. The molecule has 2 saturated heterocycles. The first-order valence-corrected chi connectivity index (χ1v) is 10.5. The fourth-order valence-corrected chi connectivity index (χ4v) is 4.34. The average Bonchev–Trinajstić information content (AvgIpc) is 2.79. The van der Waals surface area contributed by atoms with Crippen molar-refractivity contribution in [3.05, 3.63) is 41.4 Å². The van der Waals surface area contributed by atoms with Gasteiger partial charge in [0.25, 0.3) is 0 Å². The summed E-state index contributed by atoms with van der Waals surface area (Å²) < 4.78 is 38.5. The molecule has 0 N–H and O–H groups in total. The van der Waals surface area contributed by atoms with Crippen molar-refractivity contribution in [2.75, 3.05) is 49.1 Å². The maximum absolute atomic E-state index is 13.1. The summed E-state index contributed by atoms with van der Waals surface area (Å²) in [5, 5.41) is -0.0403. The van der Waals surface area contributed by atoms with Crippen molar-refractivity contribution in [2.24, 2.45) is 5.92 Å². The van der Waals surface area contributed by atoms with E-state index in [1.807, 2.05) is 9.80 Å². The molecule has 7 nitrogen and oxygen atoms in total. The van der Waals surface area contributed by atoms with Crippen LogP contribution in [-0.2, 0) is 11.0 Å². The summed E-state index contributed by atoms with van der Waals surface area (Å²) >= 11 is 6.06. The van der Waals surface area contributed by atoms with Crippen LogP contribution in [-0.4, -0.2) is 65.0 Å². The van der Waals surface area contributed by atoms with Gasteiger partial charge < -0.3 is 14.7 Å². The number of rotatable bonds is 3. The lowest BCUT2D eigenvalue weighted by molar-refractivity contribution is -0.138. The summed E-state index contributed by atoms with van der Waals surface area (Å²) in [7, 11) is 0. The number of anilines is 2. The summed E-state index contributed by atoms with van der Waals surface area (Å²) in [5.74, 6) is 1.07. The fraction of sp³-hybridized carbons (Fsp3) is 0.500. The predicted molar refractivity (Wildman–Crippen MR) is 110 cm³/mol. The monoisotopic (exact) mass is 454 g/mol. The molecule has 2 aliphatic heterocycles. The Morgan fingerprint density at radius 1 is 1.03 bits per heavy atom. The highest BCUT2D eigenvalue weighted by atomic mass is 35.5. The second kappa shape index (κ2) is 8.86. The maximum atomic E-state index is 13.1. The Labute approximate surface area is 182 Å².